The molecule has 132 valence electrons. The van der Waals surface area contributed by atoms with Gasteiger partial charge in [0, 0.05) is 11.8 Å². The Morgan fingerprint density at radius 3 is 2.64 bits per heavy atom. The van der Waals surface area contributed by atoms with Crippen LogP contribution in [0.3, 0.4) is 0 Å². The van der Waals surface area contributed by atoms with Crippen LogP contribution in [0.5, 0.6) is 0 Å². The summed E-state index contributed by atoms with van der Waals surface area (Å²) in [4.78, 5) is 10.4. The van der Waals surface area contributed by atoms with Crippen molar-refractivity contribution in [3.05, 3.63) is 57.6 Å². The Bertz CT molecular complexity index is 943. The molecule has 0 amide bonds. The van der Waals surface area contributed by atoms with Gasteiger partial charge < -0.3 is 11.1 Å². The van der Waals surface area contributed by atoms with E-state index in [1.165, 1.54) is 12.1 Å². The average molecular weight is 362 g/mol. The van der Waals surface area contributed by atoms with Crippen molar-refractivity contribution in [2.45, 2.75) is 30.2 Å². The van der Waals surface area contributed by atoms with Gasteiger partial charge in [-0.15, -0.1) is 0 Å². The number of hydrogen-bond donors (Lipinski definition) is 3. The molecule has 1 unspecified atom stereocenters. The van der Waals surface area contributed by atoms with Crippen LogP contribution < -0.4 is 16.2 Å². The maximum Gasteiger partial charge on any atom is 0.293 e. The van der Waals surface area contributed by atoms with E-state index in [-0.39, 0.29) is 22.3 Å². The average Bonchev–Trinajstić information content (AvgIpc) is 2.53. The Morgan fingerprint density at radius 2 is 1.96 bits per heavy atom. The number of hydrogen-bond acceptors (Lipinski definition) is 6. The van der Waals surface area contributed by atoms with Crippen LogP contribution >= 0.6 is 0 Å². The first kappa shape index (κ1) is 17.2. The van der Waals surface area contributed by atoms with E-state index in [1.807, 2.05) is 12.1 Å². The fourth-order valence-corrected chi connectivity index (χ4v) is 3.67. The van der Waals surface area contributed by atoms with Crippen LogP contribution in [-0.4, -0.2) is 13.3 Å². The minimum Gasteiger partial charge on any atom is -0.399 e. The Balaban J connectivity index is 1.98. The number of fused-ring (bicyclic) bond motifs is 1. The van der Waals surface area contributed by atoms with E-state index in [4.69, 9.17) is 10.9 Å². The lowest BCUT2D eigenvalue weighted by Crippen LogP contribution is -2.18. The molecule has 0 fully saturated rings. The van der Waals surface area contributed by atoms with Crippen LogP contribution in [0.25, 0.3) is 0 Å². The molecule has 25 heavy (non-hydrogen) atoms. The third kappa shape index (κ3) is 3.57. The normalized spacial score (nSPS) is 16.9. The minimum atomic E-state index is -4.01. The second-order valence-electron chi connectivity index (χ2n) is 6.03. The van der Waals surface area contributed by atoms with Crippen molar-refractivity contribution in [2.24, 2.45) is 5.14 Å². The summed E-state index contributed by atoms with van der Waals surface area (Å²) >= 11 is 0. The smallest absolute Gasteiger partial charge is 0.293 e. The number of nitro groups is 1. The van der Waals surface area contributed by atoms with E-state index in [0.29, 0.717) is 5.69 Å². The molecule has 2 aromatic carbocycles. The minimum absolute atomic E-state index is 0.108. The molecule has 9 heteroatoms. The molecular formula is C16H18N4O4S. The summed E-state index contributed by atoms with van der Waals surface area (Å²) in [5, 5.41) is 19.6. The molecule has 0 radical (unpaired) electrons. The number of benzene rings is 2. The van der Waals surface area contributed by atoms with E-state index < -0.39 is 14.9 Å². The third-order valence-electron chi connectivity index (χ3n) is 4.31. The summed E-state index contributed by atoms with van der Waals surface area (Å²) in [6, 6.07) is 9.15. The van der Waals surface area contributed by atoms with Gasteiger partial charge in [-0.1, -0.05) is 6.07 Å². The fourth-order valence-electron chi connectivity index (χ4n) is 3.13. The monoisotopic (exact) mass is 362 g/mol. The van der Waals surface area contributed by atoms with E-state index in [1.54, 1.807) is 6.07 Å². The molecule has 1 aliphatic carbocycles. The van der Waals surface area contributed by atoms with E-state index in [0.717, 1.165) is 36.5 Å². The summed E-state index contributed by atoms with van der Waals surface area (Å²) < 4.78 is 22.9. The van der Waals surface area contributed by atoms with Gasteiger partial charge in [0.2, 0.25) is 10.0 Å². The molecule has 0 heterocycles. The fraction of sp³-hybridized carbons (Fsp3) is 0.250. The summed E-state index contributed by atoms with van der Waals surface area (Å²) in [6.07, 6.45) is 2.65. The van der Waals surface area contributed by atoms with Crippen LogP contribution in [-0.2, 0) is 16.4 Å². The molecule has 2 aromatic rings. The van der Waals surface area contributed by atoms with Crippen LogP contribution in [0.2, 0.25) is 0 Å². The molecule has 0 aromatic heterocycles. The van der Waals surface area contributed by atoms with Crippen LogP contribution in [0.4, 0.5) is 17.1 Å². The van der Waals surface area contributed by atoms with Gasteiger partial charge in [0.05, 0.1) is 15.9 Å². The Kier molecular flexibility index (Phi) is 4.36. The van der Waals surface area contributed by atoms with Crippen molar-refractivity contribution in [1.29, 1.82) is 0 Å². The molecule has 0 saturated carbocycles. The standard InChI is InChI=1S/C16H18N4O4S/c17-11-4-6-13-10(8-11)2-1-3-14(13)19-15-7-5-12(25(18,23)24)9-16(15)20(21)22/h4-9,14,19H,1-3,17H2,(H2,18,23,24). The molecule has 8 nitrogen and oxygen atoms in total. The number of rotatable bonds is 4. The van der Waals surface area contributed by atoms with Gasteiger partial charge in [0.1, 0.15) is 5.69 Å². The lowest BCUT2D eigenvalue weighted by Gasteiger charge is -2.27. The highest BCUT2D eigenvalue weighted by atomic mass is 32.2. The van der Waals surface area contributed by atoms with E-state index in [2.05, 4.69) is 5.32 Å². The Labute approximate surface area is 145 Å². The number of nitrogens with two attached hydrogens (primary N) is 2. The number of primary sulfonamides is 1. The number of anilines is 2. The first-order chi connectivity index (χ1) is 11.8. The summed E-state index contributed by atoms with van der Waals surface area (Å²) in [7, 11) is -4.01. The third-order valence-corrected chi connectivity index (χ3v) is 5.22. The van der Waals surface area contributed by atoms with Crippen molar-refractivity contribution in [3.8, 4) is 0 Å². The number of nitro benzene ring substituents is 1. The van der Waals surface area contributed by atoms with Crippen molar-refractivity contribution in [1.82, 2.24) is 0 Å². The lowest BCUT2D eigenvalue weighted by molar-refractivity contribution is -0.384. The number of nitrogens with one attached hydrogen (secondary N) is 1. The summed E-state index contributed by atoms with van der Waals surface area (Å²) in [6.45, 7) is 0. The van der Waals surface area contributed by atoms with Crippen molar-refractivity contribution in [3.63, 3.8) is 0 Å². The second kappa shape index (κ2) is 6.34. The van der Waals surface area contributed by atoms with Crippen LogP contribution in [0, 0.1) is 10.1 Å². The van der Waals surface area contributed by atoms with Gasteiger partial charge in [-0.05, 0) is 54.7 Å². The summed E-state index contributed by atoms with van der Waals surface area (Å²) in [5.74, 6) is 0. The largest absolute Gasteiger partial charge is 0.399 e. The van der Waals surface area contributed by atoms with Gasteiger partial charge in [-0.2, -0.15) is 0 Å². The lowest BCUT2D eigenvalue weighted by atomic mass is 9.87. The van der Waals surface area contributed by atoms with Gasteiger partial charge in [-0.25, -0.2) is 13.6 Å². The molecule has 1 aliphatic rings. The number of aryl methyl sites for hydroxylation is 1. The zero-order valence-corrected chi connectivity index (χ0v) is 14.1. The van der Waals surface area contributed by atoms with Gasteiger partial charge in [-0.3, -0.25) is 10.1 Å². The highest BCUT2D eigenvalue weighted by Gasteiger charge is 2.24. The number of nitrogen functional groups attached to an aromatic ring is 1. The first-order valence-electron chi connectivity index (χ1n) is 7.72. The SMILES string of the molecule is Nc1ccc2c(c1)CCCC2Nc1ccc(S(N)(=O)=O)cc1[N+](=O)[O-]. The highest BCUT2D eigenvalue weighted by Crippen LogP contribution is 2.36. The molecule has 5 N–H and O–H groups in total. The second-order valence-corrected chi connectivity index (χ2v) is 7.59. The first-order valence-corrected chi connectivity index (χ1v) is 9.26. The number of nitrogens with zero attached hydrogens (tertiary/aromatic N) is 1. The molecule has 0 spiro atoms. The molecule has 0 bridgehead atoms. The Hall–Kier alpha value is -2.65. The maximum absolute atomic E-state index is 11.4. The highest BCUT2D eigenvalue weighted by molar-refractivity contribution is 7.89. The molecule has 0 aliphatic heterocycles. The summed E-state index contributed by atoms with van der Waals surface area (Å²) in [5.41, 5.74) is 8.60. The van der Waals surface area contributed by atoms with E-state index >= 15 is 0 Å². The Morgan fingerprint density at radius 1 is 1.20 bits per heavy atom. The quantitative estimate of drug-likeness (QED) is 0.433. The topological polar surface area (TPSA) is 141 Å². The molecule has 1 atom stereocenters. The van der Waals surface area contributed by atoms with Gasteiger partial charge in [0.15, 0.2) is 0 Å². The van der Waals surface area contributed by atoms with Gasteiger partial charge >= 0.3 is 0 Å². The van der Waals surface area contributed by atoms with Crippen molar-refractivity contribution < 1.29 is 13.3 Å². The van der Waals surface area contributed by atoms with Crippen molar-refractivity contribution >= 4 is 27.1 Å². The maximum atomic E-state index is 11.4. The molecular weight excluding hydrogens is 344 g/mol. The van der Waals surface area contributed by atoms with E-state index in [9.17, 15) is 18.5 Å². The molecule has 3 rings (SSSR count). The van der Waals surface area contributed by atoms with Crippen LogP contribution in [0.15, 0.2) is 41.3 Å². The zero-order valence-electron chi connectivity index (χ0n) is 13.3. The number of sulfonamides is 1. The van der Waals surface area contributed by atoms with Gasteiger partial charge in [0.25, 0.3) is 5.69 Å². The van der Waals surface area contributed by atoms with Crippen LogP contribution in [0.1, 0.15) is 30.0 Å². The predicted molar refractivity (Wildman–Crippen MR) is 94.6 cm³/mol. The molecule has 0 saturated heterocycles. The van der Waals surface area contributed by atoms with Crippen molar-refractivity contribution in [2.75, 3.05) is 11.1 Å². The zero-order chi connectivity index (χ0) is 18.2. The predicted octanol–water partition coefficient (Wildman–Crippen LogP) is 2.31.